The van der Waals surface area contributed by atoms with E-state index in [9.17, 15) is 4.79 Å². The maximum atomic E-state index is 12.1. The van der Waals surface area contributed by atoms with E-state index in [4.69, 9.17) is 4.74 Å². The molecule has 1 aliphatic heterocycles. The molecule has 0 bridgehead atoms. The highest BCUT2D eigenvalue weighted by atomic mass is 32.1. The van der Waals surface area contributed by atoms with E-state index in [-0.39, 0.29) is 18.2 Å². The number of carbonyl (C=O) groups is 1. The Balaban J connectivity index is 1.49. The van der Waals surface area contributed by atoms with Crippen molar-refractivity contribution in [2.45, 2.75) is 45.4 Å². The van der Waals surface area contributed by atoms with Gasteiger partial charge in [-0.25, -0.2) is 9.78 Å². The topological polar surface area (TPSA) is 63.2 Å². The van der Waals surface area contributed by atoms with Crippen molar-refractivity contribution in [3.63, 3.8) is 0 Å². The summed E-state index contributed by atoms with van der Waals surface area (Å²) in [5, 5.41) is 6.89. The standard InChI is InChI=1S/C18H23N3O2S/c1-12-13(2)24-17(20-12)11-19-18(22)21-15-8-9-23-16(10-15)14-6-4-3-5-7-14/h3-7,15-16H,8-11H2,1-2H3,(H2,19,21,22). The van der Waals surface area contributed by atoms with Crippen molar-refractivity contribution in [2.75, 3.05) is 6.61 Å². The van der Waals surface area contributed by atoms with Crippen molar-refractivity contribution < 1.29 is 9.53 Å². The van der Waals surface area contributed by atoms with Crippen molar-refractivity contribution in [1.29, 1.82) is 0 Å². The average Bonchev–Trinajstić information content (AvgIpc) is 2.92. The summed E-state index contributed by atoms with van der Waals surface area (Å²) in [5.74, 6) is 0. The lowest BCUT2D eigenvalue weighted by Crippen LogP contribution is -2.44. The molecule has 2 aromatic rings. The van der Waals surface area contributed by atoms with Crippen LogP contribution in [-0.2, 0) is 11.3 Å². The molecule has 1 fully saturated rings. The zero-order valence-corrected chi connectivity index (χ0v) is 14.9. The Kier molecular flexibility index (Phi) is 5.48. The average molecular weight is 345 g/mol. The van der Waals surface area contributed by atoms with Crippen molar-refractivity contribution in [3.8, 4) is 0 Å². The van der Waals surface area contributed by atoms with Gasteiger partial charge in [0.1, 0.15) is 5.01 Å². The molecule has 0 saturated carbocycles. The summed E-state index contributed by atoms with van der Waals surface area (Å²) in [4.78, 5) is 17.8. The second kappa shape index (κ2) is 7.77. The number of rotatable bonds is 4. The minimum Gasteiger partial charge on any atom is -0.373 e. The summed E-state index contributed by atoms with van der Waals surface area (Å²) in [6.07, 6.45) is 1.69. The highest BCUT2D eigenvalue weighted by Gasteiger charge is 2.24. The fourth-order valence-electron chi connectivity index (χ4n) is 2.84. The number of amides is 2. The van der Waals surface area contributed by atoms with Crippen LogP contribution in [0.2, 0.25) is 0 Å². The smallest absolute Gasteiger partial charge is 0.315 e. The number of aryl methyl sites for hydroxylation is 2. The lowest BCUT2D eigenvalue weighted by Gasteiger charge is -2.30. The normalized spacial score (nSPS) is 20.6. The van der Waals surface area contributed by atoms with E-state index in [0.29, 0.717) is 13.2 Å². The molecule has 2 amide bonds. The molecule has 3 rings (SSSR count). The maximum Gasteiger partial charge on any atom is 0.315 e. The second-order valence-corrected chi connectivity index (χ2v) is 7.36. The Morgan fingerprint density at radius 3 is 2.83 bits per heavy atom. The van der Waals surface area contributed by atoms with Gasteiger partial charge in [-0.05, 0) is 32.3 Å². The van der Waals surface area contributed by atoms with Gasteiger partial charge >= 0.3 is 6.03 Å². The van der Waals surface area contributed by atoms with Crippen LogP contribution in [-0.4, -0.2) is 23.7 Å². The van der Waals surface area contributed by atoms with Gasteiger partial charge in [0, 0.05) is 17.5 Å². The summed E-state index contributed by atoms with van der Waals surface area (Å²) < 4.78 is 5.84. The minimum absolute atomic E-state index is 0.0505. The number of ether oxygens (including phenoxy) is 1. The second-order valence-electron chi connectivity index (χ2n) is 6.07. The first-order valence-corrected chi connectivity index (χ1v) is 9.07. The Morgan fingerprint density at radius 1 is 1.33 bits per heavy atom. The maximum absolute atomic E-state index is 12.1. The van der Waals surface area contributed by atoms with Gasteiger partial charge < -0.3 is 15.4 Å². The number of aromatic nitrogens is 1. The SMILES string of the molecule is Cc1nc(CNC(=O)NC2CCOC(c3ccccc3)C2)sc1C. The molecule has 0 radical (unpaired) electrons. The number of urea groups is 1. The molecule has 2 heterocycles. The molecule has 1 saturated heterocycles. The van der Waals surface area contributed by atoms with Crippen LogP contribution in [0.1, 0.15) is 40.1 Å². The van der Waals surface area contributed by atoms with Crippen LogP contribution in [0.3, 0.4) is 0 Å². The molecule has 2 unspecified atom stereocenters. The van der Waals surface area contributed by atoms with Crippen LogP contribution in [0.4, 0.5) is 4.79 Å². The van der Waals surface area contributed by atoms with Crippen LogP contribution in [0.25, 0.3) is 0 Å². The summed E-state index contributed by atoms with van der Waals surface area (Å²) in [6.45, 7) is 5.16. The first-order chi connectivity index (χ1) is 11.6. The van der Waals surface area contributed by atoms with Crippen molar-refractivity contribution in [3.05, 3.63) is 51.5 Å². The van der Waals surface area contributed by atoms with E-state index >= 15 is 0 Å². The zero-order valence-electron chi connectivity index (χ0n) is 14.0. The predicted octanol–water partition coefficient (Wildman–Crippen LogP) is 3.48. The van der Waals surface area contributed by atoms with E-state index < -0.39 is 0 Å². The lowest BCUT2D eigenvalue weighted by atomic mass is 9.97. The van der Waals surface area contributed by atoms with Gasteiger partial charge in [0.2, 0.25) is 0 Å². The van der Waals surface area contributed by atoms with E-state index in [1.807, 2.05) is 32.0 Å². The van der Waals surface area contributed by atoms with E-state index in [2.05, 4.69) is 27.8 Å². The molecule has 0 spiro atoms. The molecular weight excluding hydrogens is 322 g/mol. The molecule has 24 heavy (non-hydrogen) atoms. The van der Waals surface area contributed by atoms with Gasteiger partial charge in [-0.3, -0.25) is 0 Å². The fraction of sp³-hybridized carbons (Fsp3) is 0.444. The predicted molar refractivity (Wildman–Crippen MR) is 95.1 cm³/mol. The van der Waals surface area contributed by atoms with Crippen molar-refractivity contribution in [1.82, 2.24) is 15.6 Å². The van der Waals surface area contributed by atoms with Crippen LogP contribution < -0.4 is 10.6 Å². The molecule has 6 heteroatoms. The zero-order chi connectivity index (χ0) is 16.9. The molecular formula is C18H23N3O2S. The summed E-state index contributed by atoms with van der Waals surface area (Å²) in [5.41, 5.74) is 2.20. The largest absolute Gasteiger partial charge is 0.373 e. The Labute approximate surface area is 146 Å². The summed E-state index contributed by atoms with van der Waals surface area (Å²) in [7, 11) is 0. The third kappa shape index (κ3) is 4.33. The van der Waals surface area contributed by atoms with Gasteiger partial charge in [-0.1, -0.05) is 30.3 Å². The third-order valence-electron chi connectivity index (χ3n) is 4.26. The van der Waals surface area contributed by atoms with Gasteiger partial charge in [-0.2, -0.15) is 0 Å². The highest BCUT2D eigenvalue weighted by molar-refractivity contribution is 7.11. The molecule has 1 aromatic carbocycles. The quantitative estimate of drug-likeness (QED) is 0.892. The number of hydrogen-bond donors (Lipinski definition) is 2. The molecule has 2 atom stereocenters. The molecule has 5 nitrogen and oxygen atoms in total. The van der Waals surface area contributed by atoms with Crippen LogP contribution in [0, 0.1) is 13.8 Å². The number of thiazole rings is 1. The molecule has 128 valence electrons. The van der Waals surface area contributed by atoms with Crippen LogP contribution in [0.5, 0.6) is 0 Å². The van der Waals surface area contributed by atoms with Gasteiger partial charge in [0.05, 0.1) is 18.3 Å². The summed E-state index contributed by atoms with van der Waals surface area (Å²) in [6, 6.07) is 10.2. The van der Waals surface area contributed by atoms with E-state index in [0.717, 1.165) is 29.1 Å². The number of carbonyl (C=O) groups excluding carboxylic acids is 1. The molecule has 1 aromatic heterocycles. The van der Waals surface area contributed by atoms with Crippen LogP contribution in [0.15, 0.2) is 30.3 Å². The number of nitrogens with zero attached hydrogens (tertiary/aromatic N) is 1. The highest BCUT2D eigenvalue weighted by Crippen LogP contribution is 2.27. The fourth-order valence-corrected chi connectivity index (χ4v) is 3.71. The first-order valence-electron chi connectivity index (χ1n) is 8.25. The summed E-state index contributed by atoms with van der Waals surface area (Å²) >= 11 is 1.63. The van der Waals surface area contributed by atoms with Gasteiger partial charge in [0.25, 0.3) is 0 Å². The monoisotopic (exact) mass is 345 g/mol. The third-order valence-corrected chi connectivity index (χ3v) is 5.34. The minimum atomic E-state index is -0.140. The van der Waals surface area contributed by atoms with Crippen LogP contribution >= 0.6 is 11.3 Å². The number of benzene rings is 1. The van der Waals surface area contributed by atoms with Crippen molar-refractivity contribution >= 4 is 17.4 Å². The Bertz CT molecular complexity index is 667. The number of hydrogen-bond acceptors (Lipinski definition) is 4. The molecule has 1 aliphatic rings. The van der Waals surface area contributed by atoms with Crippen molar-refractivity contribution in [2.24, 2.45) is 0 Å². The van der Waals surface area contributed by atoms with E-state index in [1.54, 1.807) is 11.3 Å². The van der Waals surface area contributed by atoms with E-state index in [1.165, 1.54) is 4.88 Å². The lowest BCUT2D eigenvalue weighted by molar-refractivity contribution is 0.00225. The van der Waals surface area contributed by atoms with Gasteiger partial charge in [0.15, 0.2) is 0 Å². The molecule has 0 aliphatic carbocycles. The number of nitrogens with one attached hydrogen (secondary N) is 2. The Morgan fingerprint density at radius 2 is 2.12 bits per heavy atom. The van der Waals surface area contributed by atoms with Gasteiger partial charge in [-0.15, -0.1) is 11.3 Å². The first kappa shape index (κ1) is 16.9. The Hall–Kier alpha value is -1.92. The molecule has 2 N–H and O–H groups in total.